The Morgan fingerprint density at radius 1 is 1.02 bits per heavy atom. The highest BCUT2D eigenvalue weighted by Crippen LogP contribution is 2.23. The van der Waals surface area contributed by atoms with Crippen molar-refractivity contribution in [3.8, 4) is 5.75 Å². The van der Waals surface area contributed by atoms with Crippen LogP contribution in [0.4, 0.5) is 4.79 Å². The van der Waals surface area contributed by atoms with Gasteiger partial charge in [0.25, 0.3) is 0 Å². The second-order valence-corrected chi connectivity index (χ2v) is 10.7. The lowest BCUT2D eigenvalue weighted by atomic mass is 10.0. The number of carbonyl (C=O) groups excluding carboxylic acids is 2. The smallest absolute Gasteiger partial charge is 0.317 e. The molecule has 2 atom stereocenters. The number of fused-ring (bicyclic) bond motifs is 1. The van der Waals surface area contributed by atoms with Gasteiger partial charge in [0.15, 0.2) is 0 Å². The predicted molar refractivity (Wildman–Crippen MR) is 165 cm³/mol. The summed E-state index contributed by atoms with van der Waals surface area (Å²) in [5.41, 5.74) is 4.22. The zero-order chi connectivity index (χ0) is 29.3. The minimum atomic E-state index is -0.318. The fraction of sp³-hybridized carbons (Fsp3) is 0.333. The summed E-state index contributed by atoms with van der Waals surface area (Å²) >= 11 is 0. The van der Waals surface area contributed by atoms with Crippen LogP contribution in [0, 0.1) is 0 Å². The Hall–Kier alpha value is -4.34. The number of aromatic nitrogens is 1. The number of para-hydroxylation sites is 2. The molecule has 42 heavy (non-hydrogen) atoms. The highest BCUT2D eigenvalue weighted by atomic mass is 16.5. The van der Waals surface area contributed by atoms with Crippen LogP contribution in [0.1, 0.15) is 22.7 Å². The van der Waals surface area contributed by atoms with Gasteiger partial charge >= 0.3 is 6.03 Å². The predicted octanol–water partition coefficient (Wildman–Crippen LogP) is 3.69. The Kier molecular flexibility index (Phi) is 9.74. The average Bonchev–Trinajstić information content (AvgIpc) is 3.43. The van der Waals surface area contributed by atoms with Gasteiger partial charge in [0, 0.05) is 61.9 Å². The number of H-pyrrole nitrogens is 1. The molecule has 0 spiro atoms. The van der Waals surface area contributed by atoms with Crippen LogP contribution in [0.15, 0.2) is 85.1 Å². The molecule has 1 fully saturated rings. The summed E-state index contributed by atoms with van der Waals surface area (Å²) in [5.74, 6) is 0.658. The van der Waals surface area contributed by atoms with Gasteiger partial charge in [0.05, 0.1) is 26.2 Å². The first kappa shape index (κ1) is 29.2. The summed E-state index contributed by atoms with van der Waals surface area (Å²) in [7, 11) is 3.25. The number of nitrogens with zero attached hydrogens (tertiary/aromatic N) is 2. The molecule has 0 bridgehead atoms. The summed E-state index contributed by atoms with van der Waals surface area (Å²) in [6.07, 6.45) is 2.56. The highest BCUT2D eigenvalue weighted by molar-refractivity contribution is 5.83. The number of rotatable bonds is 11. The number of benzene rings is 3. The van der Waals surface area contributed by atoms with Crippen molar-refractivity contribution in [2.75, 3.05) is 46.9 Å². The van der Waals surface area contributed by atoms with Crippen molar-refractivity contribution in [3.63, 3.8) is 0 Å². The molecule has 9 heteroatoms. The van der Waals surface area contributed by atoms with Gasteiger partial charge in [-0.25, -0.2) is 4.79 Å². The molecule has 0 radical (unpaired) electrons. The van der Waals surface area contributed by atoms with Crippen molar-refractivity contribution in [2.24, 2.45) is 0 Å². The van der Waals surface area contributed by atoms with E-state index in [0.29, 0.717) is 25.3 Å². The molecule has 3 aromatic carbocycles. The Morgan fingerprint density at radius 2 is 1.79 bits per heavy atom. The quantitative estimate of drug-likeness (QED) is 0.221. The van der Waals surface area contributed by atoms with Crippen molar-refractivity contribution in [2.45, 2.75) is 25.0 Å². The van der Waals surface area contributed by atoms with Crippen LogP contribution >= 0.6 is 0 Å². The maximum absolute atomic E-state index is 13.7. The second kappa shape index (κ2) is 14.0. The third-order valence-corrected chi connectivity index (χ3v) is 7.89. The first-order valence-corrected chi connectivity index (χ1v) is 14.5. The fourth-order valence-electron chi connectivity index (χ4n) is 5.81. The molecule has 5 rings (SSSR count). The van der Waals surface area contributed by atoms with Crippen LogP contribution in [0.3, 0.4) is 0 Å². The normalized spacial score (nSPS) is 16.1. The summed E-state index contributed by atoms with van der Waals surface area (Å²) in [6.45, 7) is 3.35. The van der Waals surface area contributed by atoms with Crippen molar-refractivity contribution < 1.29 is 14.3 Å². The Morgan fingerprint density at radius 3 is 2.60 bits per heavy atom. The molecular weight excluding hydrogens is 528 g/mol. The van der Waals surface area contributed by atoms with Gasteiger partial charge in [-0.05, 0) is 29.7 Å². The van der Waals surface area contributed by atoms with Gasteiger partial charge < -0.3 is 30.6 Å². The lowest BCUT2D eigenvalue weighted by Gasteiger charge is -2.36. The van der Waals surface area contributed by atoms with Gasteiger partial charge in [-0.15, -0.1) is 0 Å². The monoisotopic (exact) mass is 568 g/mol. The third kappa shape index (κ3) is 7.10. The molecule has 2 unspecified atom stereocenters. The fourth-order valence-corrected chi connectivity index (χ4v) is 5.81. The number of amides is 3. The Balaban J connectivity index is 1.37. The zero-order valence-electron chi connectivity index (χ0n) is 24.3. The van der Waals surface area contributed by atoms with Gasteiger partial charge in [-0.3, -0.25) is 9.69 Å². The number of aromatic amines is 1. The van der Waals surface area contributed by atoms with Crippen molar-refractivity contribution in [1.82, 2.24) is 30.7 Å². The maximum atomic E-state index is 13.7. The SMILES string of the molecule is CNC(=O)N(Cc1ccccc1OC)CC(Cc1c[nH]c2ccccc12)NC(=O)CN1CCNCC1c1ccccc1. The minimum Gasteiger partial charge on any atom is -0.496 e. The first-order valence-electron chi connectivity index (χ1n) is 14.5. The lowest BCUT2D eigenvalue weighted by molar-refractivity contribution is -0.123. The molecule has 4 N–H and O–H groups in total. The number of hydrogen-bond donors (Lipinski definition) is 4. The number of ether oxygens (including phenoxy) is 1. The van der Waals surface area contributed by atoms with E-state index in [0.717, 1.165) is 41.7 Å². The molecule has 0 aliphatic carbocycles. The summed E-state index contributed by atoms with van der Waals surface area (Å²) in [4.78, 5) is 34.1. The van der Waals surface area contributed by atoms with E-state index in [9.17, 15) is 9.59 Å². The van der Waals surface area contributed by atoms with E-state index in [1.54, 1.807) is 19.1 Å². The second-order valence-electron chi connectivity index (χ2n) is 10.7. The molecule has 4 aromatic rings. The summed E-state index contributed by atoms with van der Waals surface area (Å²) < 4.78 is 5.55. The van der Waals surface area contributed by atoms with E-state index in [-0.39, 0.29) is 30.6 Å². The molecule has 1 aromatic heterocycles. The number of methoxy groups -OCH3 is 1. The van der Waals surface area contributed by atoms with E-state index in [2.05, 4.69) is 44.0 Å². The van der Waals surface area contributed by atoms with Crippen molar-refractivity contribution >= 4 is 22.8 Å². The van der Waals surface area contributed by atoms with Gasteiger partial charge in [0.1, 0.15) is 5.75 Å². The van der Waals surface area contributed by atoms with Gasteiger partial charge in [-0.2, -0.15) is 0 Å². The molecule has 0 saturated carbocycles. The molecule has 2 heterocycles. The zero-order valence-corrected chi connectivity index (χ0v) is 24.3. The third-order valence-electron chi connectivity index (χ3n) is 7.89. The number of carbonyl (C=O) groups is 2. The summed E-state index contributed by atoms with van der Waals surface area (Å²) in [6, 6.07) is 25.7. The number of nitrogens with one attached hydrogen (secondary N) is 4. The Labute approximate surface area is 247 Å². The molecule has 1 aliphatic rings. The number of hydrogen-bond acceptors (Lipinski definition) is 5. The minimum absolute atomic E-state index is 0.0585. The Bertz CT molecular complexity index is 1470. The van der Waals surface area contributed by atoms with Crippen molar-refractivity contribution in [3.05, 3.63) is 102 Å². The number of piperazine rings is 1. The molecule has 1 aliphatic heterocycles. The van der Waals surface area contributed by atoms with Crippen LogP contribution in [-0.4, -0.2) is 79.6 Å². The maximum Gasteiger partial charge on any atom is 0.317 e. The van der Waals surface area contributed by atoms with Crippen molar-refractivity contribution in [1.29, 1.82) is 0 Å². The van der Waals surface area contributed by atoms with Crippen LogP contribution < -0.4 is 20.7 Å². The van der Waals surface area contributed by atoms with Crippen LogP contribution in [0.5, 0.6) is 5.75 Å². The van der Waals surface area contributed by atoms with E-state index in [1.165, 1.54) is 5.56 Å². The topological polar surface area (TPSA) is 102 Å². The van der Waals surface area contributed by atoms with Gasteiger partial charge in [-0.1, -0.05) is 66.7 Å². The van der Waals surface area contributed by atoms with E-state index in [4.69, 9.17) is 4.74 Å². The molecule has 3 amide bonds. The van der Waals surface area contributed by atoms with E-state index in [1.807, 2.05) is 66.9 Å². The largest absolute Gasteiger partial charge is 0.496 e. The van der Waals surface area contributed by atoms with Crippen LogP contribution in [0.2, 0.25) is 0 Å². The molecular formula is C33H40N6O3. The average molecular weight is 569 g/mol. The first-order chi connectivity index (χ1) is 20.6. The summed E-state index contributed by atoms with van der Waals surface area (Å²) in [5, 5.41) is 10.6. The molecule has 220 valence electrons. The standard InChI is InChI=1S/C33H40N6O3/c1-34-33(41)39(21-25-12-6-9-15-31(25)42-2)22-27(18-26-19-36-29-14-8-7-13-28(26)29)37-32(40)23-38-17-16-35-20-30(38)24-10-4-3-5-11-24/h3-15,19,27,30,35-36H,16-18,20-23H2,1-2H3,(H,34,41)(H,37,40). The van der Waals surface area contributed by atoms with E-state index >= 15 is 0 Å². The lowest BCUT2D eigenvalue weighted by Crippen LogP contribution is -2.53. The van der Waals surface area contributed by atoms with Gasteiger partial charge in [0.2, 0.25) is 5.91 Å². The number of urea groups is 1. The molecule has 1 saturated heterocycles. The van der Waals surface area contributed by atoms with Crippen LogP contribution in [-0.2, 0) is 17.8 Å². The van der Waals surface area contributed by atoms with E-state index < -0.39 is 0 Å². The van der Waals surface area contributed by atoms with Crippen LogP contribution in [0.25, 0.3) is 10.9 Å². The molecule has 9 nitrogen and oxygen atoms in total. The highest BCUT2D eigenvalue weighted by Gasteiger charge is 2.28.